The van der Waals surface area contributed by atoms with Gasteiger partial charge in [-0.05, 0) is 51.6 Å². The molecule has 1 atom stereocenters. The van der Waals surface area contributed by atoms with Crippen LogP contribution in [-0.4, -0.2) is 36.1 Å². The van der Waals surface area contributed by atoms with Gasteiger partial charge in [0.1, 0.15) is 0 Å². The van der Waals surface area contributed by atoms with Gasteiger partial charge in [0.2, 0.25) is 0 Å². The summed E-state index contributed by atoms with van der Waals surface area (Å²) in [5.74, 6) is 0.831. The number of nitrogens with one attached hydrogen (secondary N) is 1. The van der Waals surface area contributed by atoms with Crippen LogP contribution in [0.3, 0.4) is 0 Å². The van der Waals surface area contributed by atoms with E-state index in [1.165, 1.54) is 58.2 Å². The molecule has 2 heteroatoms. The highest BCUT2D eigenvalue weighted by Crippen LogP contribution is 2.32. The average molecular weight is 238 g/mol. The molecule has 0 aromatic rings. The molecule has 0 bridgehead atoms. The van der Waals surface area contributed by atoms with Gasteiger partial charge in [-0.3, -0.25) is 4.90 Å². The van der Waals surface area contributed by atoms with E-state index in [1.807, 2.05) is 0 Å². The monoisotopic (exact) mass is 238 g/mol. The third kappa shape index (κ3) is 3.45. The largest absolute Gasteiger partial charge is 0.310 e. The lowest BCUT2D eigenvalue weighted by atomic mass is 9.96. The van der Waals surface area contributed by atoms with Gasteiger partial charge in [0, 0.05) is 18.1 Å². The molecule has 0 amide bonds. The van der Waals surface area contributed by atoms with Crippen molar-refractivity contribution in [3.05, 3.63) is 0 Å². The minimum absolute atomic E-state index is 0.474. The van der Waals surface area contributed by atoms with Crippen LogP contribution < -0.4 is 5.32 Å². The highest BCUT2D eigenvalue weighted by Gasteiger charge is 2.37. The Balaban J connectivity index is 1.96. The van der Waals surface area contributed by atoms with Crippen LogP contribution in [0.25, 0.3) is 0 Å². The summed E-state index contributed by atoms with van der Waals surface area (Å²) in [5.41, 5.74) is 0.474. The number of hydrogen-bond acceptors (Lipinski definition) is 2. The Kier molecular flexibility index (Phi) is 4.48. The van der Waals surface area contributed by atoms with Crippen molar-refractivity contribution in [2.24, 2.45) is 5.92 Å². The maximum atomic E-state index is 3.86. The van der Waals surface area contributed by atoms with Gasteiger partial charge in [-0.1, -0.05) is 26.7 Å². The summed E-state index contributed by atoms with van der Waals surface area (Å²) in [6, 6.07) is 0.765. The van der Waals surface area contributed by atoms with Crippen molar-refractivity contribution in [1.29, 1.82) is 0 Å². The minimum Gasteiger partial charge on any atom is -0.310 e. The topological polar surface area (TPSA) is 15.3 Å². The predicted octanol–water partition coefficient (Wildman–Crippen LogP) is 3.03. The molecule has 1 saturated carbocycles. The quantitative estimate of drug-likeness (QED) is 0.813. The first kappa shape index (κ1) is 13.4. The smallest absolute Gasteiger partial charge is 0.0308 e. The van der Waals surface area contributed by atoms with Crippen molar-refractivity contribution in [3.63, 3.8) is 0 Å². The molecule has 2 rings (SSSR count). The molecule has 1 unspecified atom stereocenters. The van der Waals surface area contributed by atoms with Crippen LogP contribution in [0, 0.1) is 5.92 Å². The summed E-state index contributed by atoms with van der Waals surface area (Å²) in [6.45, 7) is 10.9. The lowest BCUT2D eigenvalue weighted by Crippen LogP contribution is -2.50. The molecule has 0 radical (unpaired) electrons. The Morgan fingerprint density at radius 3 is 2.65 bits per heavy atom. The highest BCUT2D eigenvalue weighted by atomic mass is 15.2. The number of rotatable bonds is 3. The van der Waals surface area contributed by atoms with Crippen LogP contribution in [0.15, 0.2) is 0 Å². The normalized spacial score (nSPS) is 30.0. The van der Waals surface area contributed by atoms with Crippen LogP contribution in [-0.2, 0) is 0 Å². The molecular weight excluding hydrogens is 208 g/mol. The minimum atomic E-state index is 0.474. The van der Waals surface area contributed by atoms with E-state index in [-0.39, 0.29) is 0 Å². The molecule has 1 aliphatic heterocycles. The van der Waals surface area contributed by atoms with E-state index >= 15 is 0 Å². The molecule has 100 valence electrons. The first-order chi connectivity index (χ1) is 8.11. The standard InChI is InChI=1S/C15H30N2/c1-13(2)7-11-17-12-15(8-4-5-9-15)16-10-6-14(17)3/h13-14,16H,4-12H2,1-3H3. The molecule has 0 aromatic carbocycles. The fraction of sp³-hybridized carbons (Fsp3) is 1.00. The van der Waals surface area contributed by atoms with E-state index in [2.05, 4.69) is 31.0 Å². The molecule has 0 aromatic heterocycles. The van der Waals surface area contributed by atoms with Crippen LogP contribution in [0.5, 0.6) is 0 Å². The van der Waals surface area contributed by atoms with Gasteiger partial charge in [0.25, 0.3) is 0 Å². The maximum absolute atomic E-state index is 3.86. The van der Waals surface area contributed by atoms with E-state index in [0.29, 0.717) is 5.54 Å². The molecule has 2 aliphatic rings. The zero-order chi connectivity index (χ0) is 12.3. The molecule has 1 saturated heterocycles. The van der Waals surface area contributed by atoms with E-state index in [4.69, 9.17) is 0 Å². The molecule has 2 nitrogen and oxygen atoms in total. The maximum Gasteiger partial charge on any atom is 0.0308 e. The second kappa shape index (κ2) is 5.71. The molecule has 1 N–H and O–H groups in total. The summed E-state index contributed by atoms with van der Waals surface area (Å²) in [6.07, 6.45) is 8.33. The van der Waals surface area contributed by atoms with Crippen LogP contribution in [0.4, 0.5) is 0 Å². The number of hydrogen-bond donors (Lipinski definition) is 1. The Bertz CT molecular complexity index is 231. The van der Waals surface area contributed by atoms with E-state index < -0.39 is 0 Å². The zero-order valence-electron chi connectivity index (χ0n) is 12.0. The van der Waals surface area contributed by atoms with Gasteiger partial charge < -0.3 is 5.32 Å². The third-order valence-electron chi connectivity index (χ3n) is 4.75. The van der Waals surface area contributed by atoms with Crippen molar-refractivity contribution in [2.75, 3.05) is 19.6 Å². The molecule has 2 fully saturated rings. The Labute approximate surface area is 107 Å². The van der Waals surface area contributed by atoms with Gasteiger partial charge in [-0.15, -0.1) is 0 Å². The van der Waals surface area contributed by atoms with Crippen molar-refractivity contribution in [1.82, 2.24) is 10.2 Å². The Morgan fingerprint density at radius 2 is 2.00 bits per heavy atom. The van der Waals surface area contributed by atoms with Gasteiger partial charge in [-0.2, -0.15) is 0 Å². The summed E-state index contributed by atoms with van der Waals surface area (Å²) in [7, 11) is 0. The van der Waals surface area contributed by atoms with E-state index in [1.54, 1.807) is 0 Å². The molecule has 1 heterocycles. The predicted molar refractivity (Wildman–Crippen MR) is 74.3 cm³/mol. The van der Waals surface area contributed by atoms with Crippen molar-refractivity contribution < 1.29 is 0 Å². The van der Waals surface area contributed by atoms with Crippen LogP contribution in [0.2, 0.25) is 0 Å². The second-order valence-electron chi connectivity index (χ2n) is 6.70. The van der Waals surface area contributed by atoms with Gasteiger partial charge in [0.15, 0.2) is 0 Å². The lowest BCUT2D eigenvalue weighted by molar-refractivity contribution is 0.160. The first-order valence-electron chi connectivity index (χ1n) is 7.60. The number of nitrogens with zero attached hydrogens (tertiary/aromatic N) is 1. The fourth-order valence-electron chi connectivity index (χ4n) is 3.44. The van der Waals surface area contributed by atoms with Crippen molar-refractivity contribution in [3.8, 4) is 0 Å². The highest BCUT2D eigenvalue weighted by molar-refractivity contribution is 4.98. The summed E-state index contributed by atoms with van der Waals surface area (Å²) >= 11 is 0. The fourth-order valence-corrected chi connectivity index (χ4v) is 3.44. The zero-order valence-corrected chi connectivity index (χ0v) is 12.0. The van der Waals surface area contributed by atoms with Gasteiger partial charge in [-0.25, -0.2) is 0 Å². The lowest BCUT2D eigenvalue weighted by Gasteiger charge is -2.35. The third-order valence-corrected chi connectivity index (χ3v) is 4.75. The summed E-state index contributed by atoms with van der Waals surface area (Å²) in [4.78, 5) is 2.76. The van der Waals surface area contributed by atoms with Crippen LogP contribution in [0.1, 0.15) is 59.3 Å². The van der Waals surface area contributed by atoms with E-state index in [0.717, 1.165) is 12.0 Å². The van der Waals surface area contributed by atoms with Crippen molar-refractivity contribution in [2.45, 2.75) is 70.9 Å². The second-order valence-corrected chi connectivity index (χ2v) is 6.70. The molecule has 1 aliphatic carbocycles. The summed E-state index contributed by atoms with van der Waals surface area (Å²) in [5, 5.41) is 3.86. The van der Waals surface area contributed by atoms with E-state index in [9.17, 15) is 0 Å². The summed E-state index contributed by atoms with van der Waals surface area (Å²) < 4.78 is 0. The Hall–Kier alpha value is -0.0800. The van der Waals surface area contributed by atoms with Crippen molar-refractivity contribution >= 4 is 0 Å². The SMILES string of the molecule is CC(C)CCN1CC2(CCCC2)NCCC1C. The molecule has 17 heavy (non-hydrogen) atoms. The Morgan fingerprint density at radius 1 is 1.29 bits per heavy atom. The van der Waals surface area contributed by atoms with Gasteiger partial charge in [0.05, 0.1) is 0 Å². The molecular formula is C15H30N2. The first-order valence-corrected chi connectivity index (χ1v) is 7.60. The molecule has 1 spiro atoms. The van der Waals surface area contributed by atoms with Gasteiger partial charge >= 0.3 is 0 Å². The average Bonchev–Trinajstić information content (AvgIpc) is 2.66. The van der Waals surface area contributed by atoms with Crippen LogP contribution >= 0.6 is 0 Å².